The molecule has 0 saturated carbocycles. The normalized spacial score (nSPS) is 20.0. The Bertz CT molecular complexity index is 2360. The molecule has 2 fully saturated rings. The van der Waals surface area contributed by atoms with Gasteiger partial charge in [0.25, 0.3) is 5.91 Å². The van der Waals surface area contributed by atoms with Crippen molar-refractivity contribution in [2.24, 2.45) is 10.9 Å². The number of hydrogen-bond acceptors (Lipinski definition) is 11. The Kier molecular flexibility index (Phi) is 11.7. The van der Waals surface area contributed by atoms with Crippen molar-refractivity contribution in [1.82, 2.24) is 35.7 Å². The molecule has 0 bridgehead atoms. The Morgan fingerprint density at radius 2 is 1.47 bits per heavy atom. The maximum atomic E-state index is 14.0. The Hall–Kier alpha value is -5.74. The maximum absolute atomic E-state index is 14.0. The lowest BCUT2D eigenvalue weighted by Crippen LogP contribution is -2.51. The first-order valence-electron chi connectivity index (χ1n) is 19.9. The Morgan fingerprint density at radius 3 is 2.19 bits per heavy atom. The standard InChI is InChI=1S/C43H48N8O6S2/c1-24(2)34(48-42(54)56-3)40(52)50-18-8-12-32(50)38-44-20-30(46-38)26-16-14-25(15-17-26)28-22-58-37-29(23-59-36(28)37)31-21-45-39(47-31)33-13-9-19-51(33)41(53)35(49-43(55)57-4)27-10-6-5-7-11-27/h5-7,10-11,14-17,20,22-24,31-35H,8-9,12-13,18-19,21H2,1-4H3,(H,44,46)(H,45,47)(H,48,54)(H,49,55)/t31?,32-,33?,34-,35+/m0/s1. The van der Waals surface area contributed by atoms with Gasteiger partial charge in [0.1, 0.15) is 23.7 Å². The largest absolute Gasteiger partial charge is 0.453 e. The molecule has 3 aliphatic rings. The minimum Gasteiger partial charge on any atom is -0.453 e. The number of fused-ring (bicyclic) bond motifs is 1. The second-order valence-electron chi connectivity index (χ2n) is 15.4. The highest BCUT2D eigenvalue weighted by Gasteiger charge is 2.40. The first kappa shape index (κ1) is 40.1. The van der Waals surface area contributed by atoms with Crippen LogP contribution in [0.3, 0.4) is 0 Å². The number of hydrogen-bond donors (Lipinski definition) is 4. The molecule has 0 spiro atoms. The molecule has 4 N–H and O–H groups in total. The molecule has 14 nitrogen and oxygen atoms in total. The molecule has 0 aliphatic carbocycles. The van der Waals surface area contributed by atoms with Crippen molar-refractivity contribution in [2.75, 3.05) is 33.9 Å². The van der Waals surface area contributed by atoms with Gasteiger partial charge in [0.05, 0.1) is 60.2 Å². The summed E-state index contributed by atoms with van der Waals surface area (Å²) in [6.45, 7) is 5.56. The molecule has 59 heavy (non-hydrogen) atoms. The summed E-state index contributed by atoms with van der Waals surface area (Å²) in [7, 11) is 2.58. The fourth-order valence-electron chi connectivity index (χ4n) is 8.38. The molecule has 4 amide bonds. The number of imidazole rings is 1. The summed E-state index contributed by atoms with van der Waals surface area (Å²) in [5.74, 6) is 1.11. The van der Waals surface area contributed by atoms with Gasteiger partial charge in [-0.1, -0.05) is 68.4 Å². The van der Waals surface area contributed by atoms with Gasteiger partial charge in [-0.15, -0.1) is 22.7 Å². The second-order valence-corrected chi connectivity index (χ2v) is 17.2. The van der Waals surface area contributed by atoms with Crippen LogP contribution in [-0.4, -0.2) is 95.5 Å². The number of nitrogens with one attached hydrogen (secondary N) is 4. The molecule has 5 aromatic rings. The van der Waals surface area contributed by atoms with E-state index in [0.29, 0.717) is 25.2 Å². The first-order chi connectivity index (χ1) is 28.6. The zero-order valence-corrected chi connectivity index (χ0v) is 35.0. The number of H-pyrrole nitrogens is 1. The van der Waals surface area contributed by atoms with Gasteiger partial charge in [0.2, 0.25) is 5.91 Å². The Morgan fingerprint density at radius 1 is 0.814 bits per heavy atom. The quantitative estimate of drug-likeness (QED) is 0.108. The molecule has 308 valence electrons. The van der Waals surface area contributed by atoms with Gasteiger partial charge >= 0.3 is 12.2 Å². The molecule has 16 heteroatoms. The van der Waals surface area contributed by atoms with Gasteiger partial charge in [-0.3, -0.25) is 14.6 Å². The third-order valence-corrected chi connectivity index (χ3v) is 13.7. The van der Waals surface area contributed by atoms with Gasteiger partial charge in [0.15, 0.2) is 0 Å². The third kappa shape index (κ3) is 8.02. The fourth-order valence-corrected chi connectivity index (χ4v) is 10.9. The van der Waals surface area contributed by atoms with Gasteiger partial charge < -0.3 is 40.2 Å². The SMILES string of the molecule is COC(=O)N[C@H](C(=O)N1CCC[C@H]1c1ncc(-c2ccc(-c3csc4c(C5CN=C(C6CCCN6C(=O)[C@H](NC(=O)OC)c6ccccc6)N5)csc34)cc2)[nH]1)C(C)C. The number of aromatic amines is 1. The van der Waals surface area contributed by atoms with Gasteiger partial charge in [-0.2, -0.15) is 0 Å². The third-order valence-electron chi connectivity index (χ3n) is 11.5. The summed E-state index contributed by atoms with van der Waals surface area (Å²) in [6, 6.07) is 15.7. The first-order valence-corrected chi connectivity index (χ1v) is 21.7. The van der Waals surface area contributed by atoms with E-state index in [0.717, 1.165) is 54.2 Å². The van der Waals surface area contributed by atoms with Crippen molar-refractivity contribution >= 4 is 61.9 Å². The molecule has 8 rings (SSSR count). The number of ether oxygens (including phenoxy) is 2. The number of aliphatic imine (C=N–C) groups is 1. The lowest BCUT2D eigenvalue weighted by Gasteiger charge is -2.30. The molecule has 3 aliphatic heterocycles. The van der Waals surface area contributed by atoms with Crippen molar-refractivity contribution in [3.8, 4) is 22.4 Å². The zero-order valence-electron chi connectivity index (χ0n) is 33.4. The molecule has 5 atom stereocenters. The number of carbonyl (C=O) groups excluding carboxylic acids is 4. The van der Waals surface area contributed by atoms with E-state index in [4.69, 9.17) is 19.5 Å². The van der Waals surface area contributed by atoms with Crippen LogP contribution in [0.15, 0.2) is 76.5 Å². The Balaban J connectivity index is 0.934. The van der Waals surface area contributed by atoms with Crippen LogP contribution in [0.1, 0.15) is 74.6 Å². The van der Waals surface area contributed by atoms with E-state index in [-0.39, 0.29) is 35.9 Å². The van der Waals surface area contributed by atoms with Gasteiger partial charge in [0, 0.05) is 29.6 Å². The summed E-state index contributed by atoms with van der Waals surface area (Å²) in [6.07, 6.45) is 3.80. The fraction of sp³-hybridized carbons (Fsp3) is 0.395. The molecular weight excluding hydrogens is 789 g/mol. The minimum atomic E-state index is -0.865. The molecule has 0 radical (unpaired) electrons. The number of carbonyl (C=O) groups is 4. The second kappa shape index (κ2) is 17.2. The Labute approximate surface area is 350 Å². The average molecular weight is 837 g/mol. The number of rotatable bonds is 11. The summed E-state index contributed by atoms with van der Waals surface area (Å²) < 4.78 is 12.1. The van der Waals surface area contributed by atoms with Crippen molar-refractivity contribution < 1.29 is 28.7 Å². The number of amidine groups is 1. The van der Waals surface area contributed by atoms with Crippen molar-refractivity contribution in [3.05, 3.63) is 88.5 Å². The lowest BCUT2D eigenvalue weighted by atomic mass is 10.0. The van der Waals surface area contributed by atoms with Crippen LogP contribution in [0.5, 0.6) is 0 Å². The van der Waals surface area contributed by atoms with Gasteiger partial charge in [-0.05, 0) is 53.7 Å². The van der Waals surface area contributed by atoms with E-state index in [1.807, 2.05) is 60.2 Å². The molecule has 3 aromatic heterocycles. The number of nitrogens with zero attached hydrogens (tertiary/aromatic N) is 4. The van der Waals surface area contributed by atoms with E-state index < -0.39 is 24.3 Å². The van der Waals surface area contributed by atoms with Crippen LogP contribution in [0, 0.1) is 5.92 Å². The predicted molar refractivity (Wildman–Crippen MR) is 228 cm³/mol. The van der Waals surface area contributed by atoms with E-state index >= 15 is 0 Å². The van der Waals surface area contributed by atoms with Crippen LogP contribution >= 0.6 is 22.7 Å². The molecular formula is C43H48N8O6S2. The molecule has 2 unspecified atom stereocenters. The van der Waals surface area contributed by atoms with Crippen LogP contribution in [0.4, 0.5) is 9.59 Å². The predicted octanol–water partition coefficient (Wildman–Crippen LogP) is 7.20. The number of aromatic nitrogens is 2. The number of alkyl carbamates (subject to hydrolysis) is 2. The van der Waals surface area contributed by atoms with Crippen molar-refractivity contribution in [1.29, 1.82) is 0 Å². The summed E-state index contributed by atoms with van der Waals surface area (Å²) in [5, 5.41) is 13.5. The van der Waals surface area contributed by atoms with Crippen LogP contribution in [0.2, 0.25) is 0 Å². The average Bonchev–Trinajstić information content (AvgIpc) is 4.11. The van der Waals surface area contributed by atoms with Crippen LogP contribution in [-0.2, 0) is 19.1 Å². The van der Waals surface area contributed by atoms with E-state index in [2.05, 4.69) is 56.0 Å². The minimum absolute atomic E-state index is 0.00989. The topological polar surface area (TPSA) is 170 Å². The zero-order chi connectivity index (χ0) is 41.2. The summed E-state index contributed by atoms with van der Waals surface area (Å²) in [5.41, 5.74) is 6.05. The summed E-state index contributed by atoms with van der Waals surface area (Å²) in [4.78, 5) is 68.6. The highest BCUT2D eigenvalue weighted by atomic mass is 32.1. The number of thiophene rings is 2. The smallest absolute Gasteiger partial charge is 0.407 e. The molecule has 2 aromatic carbocycles. The number of likely N-dealkylation sites (tertiary alicyclic amines) is 2. The van der Waals surface area contributed by atoms with E-state index in [9.17, 15) is 19.2 Å². The molecule has 6 heterocycles. The monoisotopic (exact) mass is 836 g/mol. The highest BCUT2D eigenvalue weighted by Crippen LogP contribution is 2.43. The number of methoxy groups -OCH3 is 2. The van der Waals surface area contributed by atoms with Crippen molar-refractivity contribution in [3.63, 3.8) is 0 Å². The lowest BCUT2D eigenvalue weighted by molar-refractivity contribution is -0.135. The van der Waals surface area contributed by atoms with E-state index in [1.165, 1.54) is 34.7 Å². The van der Waals surface area contributed by atoms with Crippen LogP contribution < -0.4 is 16.0 Å². The number of amides is 4. The van der Waals surface area contributed by atoms with E-state index in [1.54, 1.807) is 22.7 Å². The maximum Gasteiger partial charge on any atom is 0.407 e. The summed E-state index contributed by atoms with van der Waals surface area (Å²) >= 11 is 3.46. The molecule has 2 saturated heterocycles. The number of benzene rings is 2. The van der Waals surface area contributed by atoms with Gasteiger partial charge in [-0.25, -0.2) is 14.6 Å². The van der Waals surface area contributed by atoms with Crippen molar-refractivity contribution in [2.45, 2.75) is 69.7 Å². The van der Waals surface area contributed by atoms with Crippen LogP contribution in [0.25, 0.3) is 31.8 Å². The highest BCUT2D eigenvalue weighted by molar-refractivity contribution is 7.27.